The van der Waals surface area contributed by atoms with Gasteiger partial charge in [0.2, 0.25) is 0 Å². The zero-order chi connectivity index (χ0) is 19.6. The molecule has 6 heteroatoms. The van der Waals surface area contributed by atoms with Crippen molar-refractivity contribution in [3.05, 3.63) is 64.3 Å². The van der Waals surface area contributed by atoms with Gasteiger partial charge in [-0.2, -0.15) is 0 Å². The molecule has 0 unspecified atom stereocenters. The number of carbonyl (C=O) groups excluding carboxylic acids is 2. The first-order valence-corrected chi connectivity index (χ1v) is 9.20. The standard InChI is InChI=1S/C21H22ClN3O2/c1-12(2)11-23-20(26)15-5-7-17(13(3)8-15)25-21(27)19-9-14-4-6-16(22)10-18(14)24-19/h4-10,12,24H,11H2,1-3H3,(H,23,26)(H,25,27). The fourth-order valence-corrected chi connectivity index (χ4v) is 2.93. The zero-order valence-corrected chi connectivity index (χ0v) is 16.3. The molecule has 27 heavy (non-hydrogen) atoms. The number of H-pyrrole nitrogens is 1. The topological polar surface area (TPSA) is 74.0 Å². The van der Waals surface area contributed by atoms with Crippen LogP contribution in [0.15, 0.2) is 42.5 Å². The molecule has 0 aliphatic rings. The Kier molecular flexibility index (Phi) is 5.51. The summed E-state index contributed by atoms with van der Waals surface area (Å²) in [6.45, 7) is 6.57. The van der Waals surface area contributed by atoms with Crippen molar-refractivity contribution in [2.75, 3.05) is 11.9 Å². The van der Waals surface area contributed by atoms with Gasteiger partial charge in [-0.15, -0.1) is 0 Å². The number of nitrogens with one attached hydrogen (secondary N) is 3. The first-order chi connectivity index (χ1) is 12.8. The molecule has 1 heterocycles. The first kappa shape index (κ1) is 19.0. The van der Waals surface area contributed by atoms with Crippen molar-refractivity contribution in [3.63, 3.8) is 0 Å². The maximum absolute atomic E-state index is 12.6. The van der Waals surface area contributed by atoms with Gasteiger partial charge in [-0.1, -0.05) is 31.5 Å². The number of hydrogen-bond donors (Lipinski definition) is 3. The molecule has 1 aromatic heterocycles. The quantitative estimate of drug-likeness (QED) is 0.593. The van der Waals surface area contributed by atoms with Gasteiger partial charge in [0.05, 0.1) is 0 Å². The van der Waals surface area contributed by atoms with E-state index in [1.54, 1.807) is 36.4 Å². The van der Waals surface area contributed by atoms with Crippen molar-refractivity contribution >= 4 is 40.0 Å². The first-order valence-electron chi connectivity index (χ1n) is 8.82. The molecule has 0 atom stereocenters. The number of aromatic amines is 1. The molecule has 0 aliphatic heterocycles. The minimum absolute atomic E-state index is 0.114. The van der Waals surface area contributed by atoms with Gasteiger partial charge in [-0.25, -0.2) is 0 Å². The summed E-state index contributed by atoms with van der Waals surface area (Å²) in [6, 6.07) is 12.4. The summed E-state index contributed by atoms with van der Waals surface area (Å²) in [4.78, 5) is 27.8. The molecule has 0 spiro atoms. The molecular formula is C21H22ClN3O2. The minimum Gasteiger partial charge on any atom is -0.352 e. The molecule has 0 fully saturated rings. The molecule has 2 amide bonds. The maximum atomic E-state index is 12.6. The summed E-state index contributed by atoms with van der Waals surface area (Å²) in [5.41, 5.74) is 3.31. The van der Waals surface area contributed by atoms with Crippen molar-refractivity contribution in [2.45, 2.75) is 20.8 Å². The Bertz CT molecular complexity index is 1010. The second-order valence-electron chi connectivity index (χ2n) is 7.00. The van der Waals surface area contributed by atoms with E-state index in [4.69, 9.17) is 11.6 Å². The summed E-state index contributed by atoms with van der Waals surface area (Å²) in [7, 11) is 0. The maximum Gasteiger partial charge on any atom is 0.272 e. The molecule has 2 aromatic carbocycles. The minimum atomic E-state index is -0.248. The van der Waals surface area contributed by atoms with E-state index in [9.17, 15) is 9.59 Å². The Balaban J connectivity index is 1.74. The number of anilines is 1. The van der Waals surface area contributed by atoms with E-state index < -0.39 is 0 Å². The Labute approximate surface area is 163 Å². The van der Waals surface area contributed by atoms with Gasteiger partial charge in [0.1, 0.15) is 5.69 Å². The van der Waals surface area contributed by atoms with Gasteiger partial charge in [-0.3, -0.25) is 9.59 Å². The van der Waals surface area contributed by atoms with E-state index in [2.05, 4.69) is 15.6 Å². The van der Waals surface area contributed by atoms with Crippen LogP contribution in [0.2, 0.25) is 5.02 Å². The van der Waals surface area contributed by atoms with Gasteiger partial charge in [0, 0.05) is 33.7 Å². The molecular weight excluding hydrogens is 362 g/mol. The highest BCUT2D eigenvalue weighted by atomic mass is 35.5. The Hall–Kier alpha value is -2.79. The van der Waals surface area contributed by atoms with Gasteiger partial charge in [0.15, 0.2) is 0 Å². The summed E-state index contributed by atoms with van der Waals surface area (Å²) in [6.07, 6.45) is 0. The van der Waals surface area contributed by atoms with Crippen LogP contribution in [0.5, 0.6) is 0 Å². The van der Waals surface area contributed by atoms with E-state index in [0.717, 1.165) is 16.5 Å². The SMILES string of the molecule is Cc1cc(C(=O)NCC(C)C)ccc1NC(=O)c1cc2ccc(Cl)cc2[nH]1. The third-order valence-corrected chi connectivity index (χ3v) is 4.47. The smallest absolute Gasteiger partial charge is 0.272 e. The number of aryl methyl sites for hydroxylation is 1. The van der Waals surface area contributed by atoms with Crippen molar-refractivity contribution in [3.8, 4) is 0 Å². The van der Waals surface area contributed by atoms with Gasteiger partial charge >= 0.3 is 0 Å². The Morgan fingerprint density at radius 1 is 1.07 bits per heavy atom. The van der Waals surface area contributed by atoms with E-state index >= 15 is 0 Å². The third-order valence-electron chi connectivity index (χ3n) is 4.24. The fourth-order valence-electron chi connectivity index (χ4n) is 2.76. The van der Waals surface area contributed by atoms with Crippen molar-refractivity contribution in [2.24, 2.45) is 5.92 Å². The van der Waals surface area contributed by atoms with Crippen molar-refractivity contribution < 1.29 is 9.59 Å². The normalized spacial score (nSPS) is 11.0. The van der Waals surface area contributed by atoms with Crippen LogP contribution in [-0.2, 0) is 0 Å². The molecule has 140 valence electrons. The van der Waals surface area contributed by atoms with Gasteiger partial charge in [-0.05, 0) is 54.8 Å². The fraction of sp³-hybridized carbons (Fsp3) is 0.238. The highest BCUT2D eigenvalue weighted by Crippen LogP contribution is 2.22. The molecule has 0 bridgehead atoms. The summed E-state index contributed by atoms with van der Waals surface area (Å²) < 4.78 is 0. The van der Waals surface area contributed by atoms with Crippen LogP contribution in [0.3, 0.4) is 0 Å². The lowest BCUT2D eigenvalue weighted by atomic mass is 10.1. The average molecular weight is 384 g/mol. The van der Waals surface area contributed by atoms with E-state index in [1.165, 1.54) is 0 Å². The lowest BCUT2D eigenvalue weighted by Gasteiger charge is -2.11. The van der Waals surface area contributed by atoms with Crippen LogP contribution in [0, 0.1) is 12.8 Å². The highest BCUT2D eigenvalue weighted by Gasteiger charge is 2.13. The molecule has 5 nitrogen and oxygen atoms in total. The van der Waals surface area contributed by atoms with E-state index in [-0.39, 0.29) is 11.8 Å². The molecule has 0 saturated heterocycles. The second kappa shape index (κ2) is 7.84. The molecule has 0 aliphatic carbocycles. The molecule has 3 N–H and O–H groups in total. The van der Waals surface area contributed by atoms with Crippen LogP contribution in [0.4, 0.5) is 5.69 Å². The average Bonchev–Trinajstić information content (AvgIpc) is 3.04. The second-order valence-corrected chi connectivity index (χ2v) is 7.44. The Morgan fingerprint density at radius 3 is 2.56 bits per heavy atom. The Morgan fingerprint density at radius 2 is 1.85 bits per heavy atom. The lowest BCUT2D eigenvalue weighted by molar-refractivity contribution is 0.0948. The number of aromatic nitrogens is 1. The third kappa shape index (κ3) is 4.49. The predicted octanol–water partition coefficient (Wildman–Crippen LogP) is 4.77. The number of benzene rings is 2. The summed E-state index contributed by atoms with van der Waals surface area (Å²) in [5.74, 6) is 0.0272. The van der Waals surface area contributed by atoms with Crippen molar-refractivity contribution in [1.29, 1.82) is 0 Å². The van der Waals surface area contributed by atoms with Gasteiger partial charge < -0.3 is 15.6 Å². The molecule has 3 rings (SSSR count). The van der Waals surface area contributed by atoms with Crippen LogP contribution in [0.25, 0.3) is 10.9 Å². The lowest BCUT2D eigenvalue weighted by Crippen LogP contribution is -2.27. The molecule has 0 radical (unpaired) electrons. The number of amides is 2. The number of carbonyl (C=O) groups is 2. The number of fused-ring (bicyclic) bond motifs is 1. The summed E-state index contributed by atoms with van der Waals surface area (Å²) >= 11 is 5.98. The zero-order valence-electron chi connectivity index (χ0n) is 15.5. The van der Waals surface area contributed by atoms with E-state index in [0.29, 0.717) is 34.4 Å². The number of hydrogen-bond acceptors (Lipinski definition) is 2. The van der Waals surface area contributed by atoms with Crippen LogP contribution in [0.1, 0.15) is 40.3 Å². The van der Waals surface area contributed by atoms with Crippen LogP contribution < -0.4 is 10.6 Å². The van der Waals surface area contributed by atoms with Crippen LogP contribution >= 0.6 is 11.6 Å². The van der Waals surface area contributed by atoms with E-state index in [1.807, 2.05) is 26.8 Å². The molecule has 3 aromatic rings. The number of halogens is 1. The highest BCUT2D eigenvalue weighted by molar-refractivity contribution is 6.31. The van der Waals surface area contributed by atoms with Crippen molar-refractivity contribution in [1.82, 2.24) is 10.3 Å². The predicted molar refractivity (Wildman–Crippen MR) is 110 cm³/mol. The van der Waals surface area contributed by atoms with Gasteiger partial charge in [0.25, 0.3) is 11.8 Å². The largest absolute Gasteiger partial charge is 0.352 e. The molecule has 0 saturated carbocycles. The monoisotopic (exact) mass is 383 g/mol. The van der Waals surface area contributed by atoms with Crippen LogP contribution in [-0.4, -0.2) is 23.3 Å². The summed E-state index contributed by atoms with van der Waals surface area (Å²) in [5, 5.41) is 7.30. The number of rotatable bonds is 5.